The van der Waals surface area contributed by atoms with E-state index < -0.39 is 0 Å². The standard InChI is InChI=1S/C14H20BrN3O/c1-3-16-13-12(8-10(15)9-17-13)14(19)18(2)11-6-4-5-7-11/h8-9,11H,3-7H2,1-2H3,(H,16,17). The molecule has 2 rings (SSSR count). The fraction of sp³-hybridized carbons (Fsp3) is 0.571. The predicted molar refractivity (Wildman–Crippen MR) is 80.5 cm³/mol. The number of nitrogens with one attached hydrogen (secondary N) is 1. The van der Waals surface area contributed by atoms with Crippen molar-refractivity contribution >= 4 is 27.7 Å². The van der Waals surface area contributed by atoms with Gasteiger partial charge in [0, 0.05) is 30.3 Å². The van der Waals surface area contributed by atoms with Crippen LogP contribution in [0.15, 0.2) is 16.7 Å². The molecule has 19 heavy (non-hydrogen) atoms. The number of aromatic nitrogens is 1. The molecule has 1 aliphatic carbocycles. The summed E-state index contributed by atoms with van der Waals surface area (Å²) in [5.41, 5.74) is 0.644. The molecule has 5 heteroatoms. The number of nitrogens with zero attached hydrogens (tertiary/aromatic N) is 2. The molecule has 0 aliphatic heterocycles. The van der Waals surface area contributed by atoms with Gasteiger partial charge in [-0.25, -0.2) is 4.98 Å². The number of amides is 1. The van der Waals surface area contributed by atoms with Crippen LogP contribution in [0, 0.1) is 0 Å². The van der Waals surface area contributed by atoms with Gasteiger partial charge >= 0.3 is 0 Å². The quantitative estimate of drug-likeness (QED) is 0.923. The molecule has 1 aromatic rings. The van der Waals surface area contributed by atoms with Gasteiger partial charge in [-0.2, -0.15) is 0 Å². The molecule has 1 aliphatic rings. The lowest BCUT2D eigenvalue weighted by atomic mass is 10.1. The van der Waals surface area contributed by atoms with Crippen LogP contribution < -0.4 is 5.32 Å². The van der Waals surface area contributed by atoms with E-state index in [1.807, 2.05) is 24.9 Å². The van der Waals surface area contributed by atoms with Crippen LogP contribution in [-0.4, -0.2) is 35.4 Å². The number of carbonyl (C=O) groups excluding carboxylic acids is 1. The zero-order chi connectivity index (χ0) is 13.8. The van der Waals surface area contributed by atoms with Crippen molar-refractivity contribution in [3.8, 4) is 0 Å². The zero-order valence-electron chi connectivity index (χ0n) is 11.4. The predicted octanol–water partition coefficient (Wildman–Crippen LogP) is 3.29. The summed E-state index contributed by atoms with van der Waals surface area (Å²) < 4.78 is 0.831. The van der Waals surface area contributed by atoms with Crippen LogP contribution >= 0.6 is 15.9 Å². The average Bonchev–Trinajstić information content (AvgIpc) is 2.93. The molecular weight excluding hydrogens is 306 g/mol. The van der Waals surface area contributed by atoms with Crippen LogP contribution in [0.25, 0.3) is 0 Å². The Kier molecular flexibility index (Phi) is 4.80. The van der Waals surface area contributed by atoms with Gasteiger partial charge in [0.15, 0.2) is 0 Å². The van der Waals surface area contributed by atoms with Gasteiger partial charge in [0.1, 0.15) is 5.82 Å². The van der Waals surface area contributed by atoms with Crippen LogP contribution in [-0.2, 0) is 0 Å². The van der Waals surface area contributed by atoms with Crippen LogP contribution in [0.1, 0.15) is 43.0 Å². The molecule has 0 unspecified atom stereocenters. The van der Waals surface area contributed by atoms with E-state index in [1.54, 1.807) is 6.20 Å². The summed E-state index contributed by atoms with van der Waals surface area (Å²) >= 11 is 3.39. The second-order valence-corrected chi connectivity index (χ2v) is 5.85. The van der Waals surface area contributed by atoms with Gasteiger partial charge in [0.05, 0.1) is 5.56 Å². The largest absolute Gasteiger partial charge is 0.370 e. The van der Waals surface area contributed by atoms with Crippen molar-refractivity contribution in [2.24, 2.45) is 0 Å². The van der Waals surface area contributed by atoms with E-state index in [4.69, 9.17) is 0 Å². The lowest BCUT2D eigenvalue weighted by Crippen LogP contribution is -2.35. The van der Waals surface area contributed by atoms with Crippen molar-refractivity contribution in [2.45, 2.75) is 38.6 Å². The first-order valence-corrected chi connectivity index (χ1v) is 7.59. The molecular formula is C14H20BrN3O. The molecule has 1 saturated carbocycles. The Morgan fingerprint density at radius 2 is 2.21 bits per heavy atom. The van der Waals surface area contributed by atoms with E-state index in [1.165, 1.54) is 12.8 Å². The maximum Gasteiger partial charge on any atom is 0.257 e. The lowest BCUT2D eigenvalue weighted by Gasteiger charge is -2.25. The SMILES string of the molecule is CCNc1ncc(Br)cc1C(=O)N(C)C1CCCC1. The molecule has 1 N–H and O–H groups in total. The number of carbonyl (C=O) groups is 1. The second-order valence-electron chi connectivity index (χ2n) is 4.93. The molecule has 1 aromatic heterocycles. The van der Waals surface area contributed by atoms with Crippen LogP contribution in [0.4, 0.5) is 5.82 Å². The Morgan fingerprint density at radius 3 is 2.84 bits per heavy atom. The molecule has 1 fully saturated rings. The Bertz CT molecular complexity index is 458. The third-order valence-corrected chi connectivity index (χ3v) is 4.06. The van der Waals surface area contributed by atoms with Gasteiger partial charge in [0.25, 0.3) is 5.91 Å². The molecule has 1 amide bonds. The van der Waals surface area contributed by atoms with Crippen LogP contribution in [0.2, 0.25) is 0 Å². The number of anilines is 1. The highest BCUT2D eigenvalue weighted by Gasteiger charge is 2.26. The molecule has 0 spiro atoms. The molecule has 1 heterocycles. The number of pyridine rings is 1. The highest BCUT2D eigenvalue weighted by Crippen LogP contribution is 2.26. The van der Waals surface area contributed by atoms with E-state index in [0.717, 1.165) is 23.9 Å². The highest BCUT2D eigenvalue weighted by atomic mass is 79.9. The van der Waals surface area contributed by atoms with Crippen molar-refractivity contribution in [3.05, 3.63) is 22.3 Å². The summed E-state index contributed by atoms with van der Waals surface area (Å²) in [6.45, 7) is 2.75. The van der Waals surface area contributed by atoms with Crippen molar-refractivity contribution < 1.29 is 4.79 Å². The van der Waals surface area contributed by atoms with Gasteiger partial charge in [-0.3, -0.25) is 4.79 Å². The molecule has 0 saturated heterocycles. The van der Waals surface area contributed by atoms with Crippen LogP contribution in [0.5, 0.6) is 0 Å². The number of hydrogen-bond acceptors (Lipinski definition) is 3. The highest BCUT2D eigenvalue weighted by molar-refractivity contribution is 9.10. The monoisotopic (exact) mass is 325 g/mol. The van der Waals surface area contributed by atoms with E-state index in [9.17, 15) is 4.79 Å². The van der Waals surface area contributed by atoms with Crippen molar-refractivity contribution in [1.29, 1.82) is 0 Å². The van der Waals surface area contributed by atoms with Gasteiger partial charge in [-0.1, -0.05) is 12.8 Å². The smallest absolute Gasteiger partial charge is 0.257 e. The summed E-state index contributed by atoms with van der Waals surface area (Å²) in [5.74, 6) is 0.720. The second kappa shape index (κ2) is 6.37. The van der Waals surface area contributed by atoms with E-state index >= 15 is 0 Å². The number of halogens is 1. The minimum absolute atomic E-state index is 0.0525. The Labute approximate surface area is 122 Å². The molecule has 0 atom stereocenters. The molecule has 104 valence electrons. The number of rotatable bonds is 4. The molecule has 0 bridgehead atoms. The van der Waals surface area contributed by atoms with Crippen molar-refractivity contribution in [3.63, 3.8) is 0 Å². The Hall–Kier alpha value is -1.10. The summed E-state index contributed by atoms with van der Waals surface area (Å²) in [6.07, 6.45) is 6.38. The topological polar surface area (TPSA) is 45.2 Å². The fourth-order valence-electron chi connectivity index (χ4n) is 2.56. The first-order valence-electron chi connectivity index (χ1n) is 6.80. The summed E-state index contributed by atoms with van der Waals surface area (Å²) in [6, 6.07) is 2.22. The third-order valence-electron chi connectivity index (χ3n) is 3.62. The van der Waals surface area contributed by atoms with Gasteiger partial charge in [0.2, 0.25) is 0 Å². The normalized spacial score (nSPS) is 15.5. The average molecular weight is 326 g/mol. The van der Waals surface area contributed by atoms with E-state index in [-0.39, 0.29) is 5.91 Å². The number of hydrogen-bond donors (Lipinski definition) is 1. The van der Waals surface area contributed by atoms with Gasteiger partial charge in [-0.15, -0.1) is 0 Å². The van der Waals surface area contributed by atoms with E-state index in [2.05, 4.69) is 26.2 Å². The maximum atomic E-state index is 12.6. The van der Waals surface area contributed by atoms with Crippen molar-refractivity contribution in [1.82, 2.24) is 9.88 Å². The van der Waals surface area contributed by atoms with Gasteiger partial charge < -0.3 is 10.2 Å². The van der Waals surface area contributed by atoms with Crippen LogP contribution in [0.3, 0.4) is 0 Å². The zero-order valence-corrected chi connectivity index (χ0v) is 13.0. The summed E-state index contributed by atoms with van der Waals surface area (Å²) in [4.78, 5) is 18.8. The molecule has 4 nitrogen and oxygen atoms in total. The third kappa shape index (κ3) is 3.26. The Balaban J connectivity index is 2.23. The van der Waals surface area contributed by atoms with Crippen molar-refractivity contribution in [2.75, 3.05) is 18.9 Å². The van der Waals surface area contributed by atoms with E-state index in [0.29, 0.717) is 17.4 Å². The summed E-state index contributed by atoms with van der Waals surface area (Å²) in [7, 11) is 1.90. The summed E-state index contributed by atoms with van der Waals surface area (Å²) in [5, 5.41) is 3.15. The minimum Gasteiger partial charge on any atom is -0.370 e. The van der Waals surface area contributed by atoms with Gasteiger partial charge in [-0.05, 0) is 41.8 Å². The first-order chi connectivity index (χ1) is 9.13. The maximum absolute atomic E-state index is 12.6. The molecule has 0 aromatic carbocycles. The fourth-order valence-corrected chi connectivity index (χ4v) is 2.89. The lowest BCUT2D eigenvalue weighted by molar-refractivity contribution is 0.0735. The Morgan fingerprint density at radius 1 is 1.53 bits per heavy atom. The molecule has 0 radical (unpaired) electrons. The first kappa shape index (κ1) is 14.3. The minimum atomic E-state index is 0.0525.